The van der Waals surface area contributed by atoms with E-state index in [0.717, 1.165) is 12.1 Å². The largest absolute Gasteiger partial charge is 0.487 e. The zero-order chi connectivity index (χ0) is 24.4. The van der Waals surface area contributed by atoms with Crippen molar-refractivity contribution in [2.75, 3.05) is 0 Å². The number of hydrogen-bond acceptors (Lipinski definition) is 5. The molecule has 0 amide bonds. The summed E-state index contributed by atoms with van der Waals surface area (Å²) in [5.41, 5.74) is 2.30. The summed E-state index contributed by atoms with van der Waals surface area (Å²) >= 11 is 3.31. The number of aromatic nitrogens is 4. The number of pyridine rings is 2. The Hall–Kier alpha value is -3.46. The highest BCUT2D eigenvalue weighted by Gasteiger charge is 2.16. The Kier molecular flexibility index (Phi) is 6.83. The number of aryl methyl sites for hydroxylation is 1. The summed E-state index contributed by atoms with van der Waals surface area (Å²) < 4.78 is 34.4. The first-order chi connectivity index (χ1) is 16.2. The summed E-state index contributed by atoms with van der Waals surface area (Å²) in [6, 6.07) is 10.2. The van der Waals surface area contributed by atoms with Gasteiger partial charge >= 0.3 is 0 Å². The van der Waals surface area contributed by atoms with Gasteiger partial charge in [0.2, 0.25) is 0 Å². The van der Waals surface area contributed by atoms with E-state index in [-0.39, 0.29) is 33.9 Å². The number of ether oxygens (including phenoxy) is 1. The molecular weight excluding hydrogens is 506 g/mol. The lowest BCUT2D eigenvalue weighted by atomic mass is 10.2. The second-order valence-electron chi connectivity index (χ2n) is 7.98. The molecule has 0 N–H and O–H groups in total. The third kappa shape index (κ3) is 4.89. The average Bonchev–Trinajstić information content (AvgIpc) is 2.82. The number of halogens is 3. The minimum absolute atomic E-state index is 0.154. The molecule has 3 aromatic heterocycles. The van der Waals surface area contributed by atoms with Crippen LogP contribution in [0.5, 0.6) is 5.75 Å². The highest BCUT2D eigenvalue weighted by Crippen LogP contribution is 2.26. The van der Waals surface area contributed by atoms with E-state index in [1.807, 2.05) is 13.8 Å². The van der Waals surface area contributed by atoms with E-state index >= 15 is 0 Å². The molecule has 4 aromatic rings. The molecular formula is C25H21BrF2N4O2. The third-order valence-corrected chi connectivity index (χ3v) is 5.88. The molecule has 1 aromatic carbocycles. The van der Waals surface area contributed by atoms with Crippen molar-refractivity contribution in [3.8, 4) is 22.8 Å². The lowest BCUT2D eigenvalue weighted by molar-refractivity contribution is 0.296. The van der Waals surface area contributed by atoms with E-state index in [2.05, 4.69) is 30.9 Å². The van der Waals surface area contributed by atoms with Gasteiger partial charge in [-0.25, -0.2) is 18.7 Å². The Morgan fingerprint density at radius 3 is 2.53 bits per heavy atom. The SMILES string of the molecule is Cc1cc(OCc2ccc(F)cc2F)c(Br)c(=O)n1-c1ccnc(-c2ccnc(C(C)C)n2)c1. The van der Waals surface area contributed by atoms with Crippen molar-refractivity contribution in [1.82, 2.24) is 19.5 Å². The smallest absolute Gasteiger partial charge is 0.273 e. The molecule has 174 valence electrons. The maximum atomic E-state index is 13.9. The normalized spacial score (nSPS) is 11.1. The van der Waals surface area contributed by atoms with Gasteiger partial charge in [0.1, 0.15) is 34.3 Å². The lowest BCUT2D eigenvalue weighted by Crippen LogP contribution is -2.22. The van der Waals surface area contributed by atoms with E-state index in [1.165, 1.54) is 10.6 Å². The monoisotopic (exact) mass is 526 g/mol. The first kappa shape index (κ1) is 23.7. The molecule has 34 heavy (non-hydrogen) atoms. The van der Waals surface area contributed by atoms with Gasteiger partial charge in [0.15, 0.2) is 0 Å². The maximum Gasteiger partial charge on any atom is 0.273 e. The Morgan fingerprint density at radius 1 is 1.03 bits per heavy atom. The van der Waals surface area contributed by atoms with E-state index in [9.17, 15) is 13.6 Å². The quantitative estimate of drug-likeness (QED) is 0.320. The summed E-state index contributed by atoms with van der Waals surface area (Å²) in [5, 5.41) is 0. The second-order valence-corrected chi connectivity index (χ2v) is 8.78. The van der Waals surface area contributed by atoms with Crippen LogP contribution in [0.1, 0.15) is 36.8 Å². The van der Waals surface area contributed by atoms with Crippen molar-refractivity contribution >= 4 is 15.9 Å². The van der Waals surface area contributed by atoms with Gasteiger partial charge in [-0.2, -0.15) is 0 Å². The van der Waals surface area contributed by atoms with Crippen molar-refractivity contribution in [3.63, 3.8) is 0 Å². The Bertz CT molecular complexity index is 1420. The van der Waals surface area contributed by atoms with Crippen LogP contribution in [-0.4, -0.2) is 19.5 Å². The number of benzene rings is 1. The maximum absolute atomic E-state index is 13.9. The molecule has 9 heteroatoms. The fraction of sp³-hybridized carbons (Fsp3) is 0.200. The second kappa shape index (κ2) is 9.80. The Morgan fingerprint density at radius 2 is 1.79 bits per heavy atom. The standard InChI is InChI=1S/C25H21BrF2N4O2/c1-14(2)24-30-9-7-20(31-24)21-12-18(6-8-29-21)32-15(3)10-22(23(26)25(32)33)34-13-16-4-5-17(27)11-19(16)28/h4-12,14H,13H2,1-3H3. The third-order valence-electron chi connectivity index (χ3n) is 5.15. The molecule has 6 nitrogen and oxygen atoms in total. The van der Waals surface area contributed by atoms with Crippen LogP contribution in [-0.2, 0) is 6.61 Å². The van der Waals surface area contributed by atoms with Gasteiger partial charge < -0.3 is 4.74 Å². The minimum Gasteiger partial charge on any atom is -0.487 e. The molecule has 0 spiro atoms. The number of nitrogens with zero attached hydrogens (tertiary/aromatic N) is 4. The van der Waals surface area contributed by atoms with Gasteiger partial charge in [-0.15, -0.1) is 0 Å². The van der Waals surface area contributed by atoms with Crippen LogP contribution >= 0.6 is 15.9 Å². The molecule has 0 atom stereocenters. The zero-order valence-corrected chi connectivity index (χ0v) is 20.3. The highest BCUT2D eigenvalue weighted by molar-refractivity contribution is 9.10. The predicted molar refractivity (Wildman–Crippen MR) is 128 cm³/mol. The molecule has 0 unspecified atom stereocenters. The summed E-state index contributed by atoms with van der Waals surface area (Å²) in [6.45, 7) is 5.63. The van der Waals surface area contributed by atoms with Crippen LogP contribution in [0.3, 0.4) is 0 Å². The summed E-state index contributed by atoms with van der Waals surface area (Å²) in [5.74, 6) is -0.246. The molecule has 4 rings (SSSR count). The van der Waals surface area contributed by atoms with Gasteiger partial charge in [0.25, 0.3) is 5.56 Å². The van der Waals surface area contributed by atoms with E-state index in [4.69, 9.17) is 4.74 Å². The van der Waals surface area contributed by atoms with Crippen molar-refractivity contribution in [1.29, 1.82) is 0 Å². The van der Waals surface area contributed by atoms with E-state index in [0.29, 0.717) is 28.6 Å². The molecule has 0 aliphatic heterocycles. The highest BCUT2D eigenvalue weighted by atomic mass is 79.9. The van der Waals surface area contributed by atoms with E-state index in [1.54, 1.807) is 43.6 Å². The van der Waals surface area contributed by atoms with Crippen molar-refractivity contribution < 1.29 is 13.5 Å². The van der Waals surface area contributed by atoms with Crippen molar-refractivity contribution in [2.45, 2.75) is 33.3 Å². The van der Waals surface area contributed by atoms with Crippen LogP contribution in [0.25, 0.3) is 17.1 Å². The minimum atomic E-state index is -0.712. The summed E-state index contributed by atoms with van der Waals surface area (Å²) in [6.07, 6.45) is 3.31. The number of rotatable bonds is 6. The molecule has 0 radical (unpaired) electrons. The molecule has 0 saturated carbocycles. The molecule has 0 fully saturated rings. The van der Waals surface area contributed by atoms with Crippen LogP contribution in [0.15, 0.2) is 64.1 Å². The fourth-order valence-electron chi connectivity index (χ4n) is 3.39. The summed E-state index contributed by atoms with van der Waals surface area (Å²) in [7, 11) is 0. The van der Waals surface area contributed by atoms with Crippen molar-refractivity contribution in [2.24, 2.45) is 0 Å². The molecule has 0 bridgehead atoms. The first-order valence-corrected chi connectivity index (χ1v) is 11.3. The predicted octanol–water partition coefficient (Wildman–Crippen LogP) is 5.74. The van der Waals surface area contributed by atoms with Gasteiger partial charge in [0.05, 0.1) is 17.1 Å². The van der Waals surface area contributed by atoms with Crippen molar-refractivity contribution in [3.05, 3.63) is 98.4 Å². The molecule has 0 saturated heterocycles. The number of hydrogen-bond donors (Lipinski definition) is 0. The molecule has 0 aliphatic carbocycles. The first-order valence-electron chi connectivity index (χ1n) is 10.5. The van der Waals surface area contributed by atoms with Gasteiger partial charge in [-0.1, -0.05) is 13.8 Å². The molecule has 0 aliphatic rings. The Labute approximate surface area is 203 Å². The Balaban J connectivity index is 1.67. The van der Waals surface area contributed by atoms with Crippen LogP contribution in [0.2, 0.25) is 0 Å². The van der Waals surface area contributed by atoms with Gasteiger partial charge in [-0.3, -0.25) is 14.3 Å². The topological polar surface area (TPSA) is 69.9 Å². The fourth-order valence-corrected chi connectivity index (χ4v) is 3.80. The molecule has 3 heterocycles. The van der Waals surface area contributed by atoms with Gasteiger partial charge in [-0.05, 0) is 53.2 Å². The van der Waals surface area contributed by atoms with Crippen LogP contribution < -0.4 is 10.3 Å². The van der Waals surface area contributed by atoms with Crippen LogP contribution in [0, 0.1) is 18.6 Å². The lowest BCUT2D eigenvalue weighted by Gasteiger charge is -2.15. The van der Waals surface area contributed by atoms with E-state index < -0.39 is 11.6 Å². The van der Waals surface area contributed by atoms with Gasteiger partial charge in [0, 0.05) is 41.7 Å². The average molecular weight is 527 g/mol. The van der Waals surface area contributed by atoms with Crippen LogP contribution in [0.4, 0.5) is 8.78 Å². The summed E-state index contributed by atoms with van der Waals surface area (Å²) in [4.78, 5) is 26.5. The zero-order valence-electron chi connectivity index (χ0n) is 18.7.